The zero-order valence-corrected chi connectivity index (χ0v) is 18.4. The number of amides is 1. The first kappa shape index (κ1) is 22.9. The van der Waals surface area contributed by atoms with E-state index in [4.69, 9.17) is 8.92 Å². The summed E-state index contributed by atoms with van der Waals surface area (Å²) in [6.45, 7) is 9.10. The van der Waals surface area contributed by atoms with Crippen molar-refractivity contribution < 1.29 is 22.1 Å². The monoisotopic (exact) mass is 419 g/mol. The van der Waals surface area contributed by atoms with Crippen molar-refractivity contribution in [2.45, 2.75) is 57.6 Å². The lowest BCUT2D eigenvalue weighted by Crippen LogP contribution is -2.35. The van der Waals surface area contributed by atoms with E-state index in [1.54, 1.807) is 32.9 Å². The number of ether oxygens (including phenoxy) is 1. The summed E-state index contributed by atoms with van der Waals surface area (Å²) < 4.78 is 35.3. The molecule has 0 aromatic heterocycles. The Bertz CT molecular complexity index is 930. The first-order valence-corrected chi connectivity index (χ1v) is 10.9. The van der Waals surface area contributed by atoms with E-state index < -0.39 is 27.9 Å². The van der Waals surface area contributed by atoms with Crippen LogP contribution in [0, 0.1) is 13.8 Å². The van der Waals surface area contributed by atoms with Gasteiger partial charge in [0.15, 0.2) is 0 Å². The SMILES string of the molecule is Cc1ccc(S(=O)(=O)OCCC(NC(=O)OC(C)(C)C)c2cccc(C)c2)cc1. The summed E-state index contributed by atoms with van der Waals surface area (Å²) in [6.07, 6.45) is -0.293. The zero-order chi connectivity index (χ0) is 21.7. The van der Waals surface area contributed by atoms with Gasteiger partial charge in [0.2, 0.25) is 0 Å². The van der Waals surface area contributed by atoms with Gasteiger partial charge in [-0.1, -0.05) is 47.5 Å². The molecule has 7 heteroatoms. The highest BCUT2D eigenvalue weighted by atomic mass is 32.2. The molecule has 0 bridgehead atoms. The first-order chi connectivity index (χ1) is 13.5. The Morgan fingerprint density at radius 2 is 1.69 bits per heavy atom. The minimum atomic E-state index is -3.86. The van der Waals surface area contributed by atoms with Crippen molar-refractivity contribution in [1.29, 1.82) is 0 Å². The molecule has 0 saturated carbocycles. The Balaban J connectivity index is 2.09. The van der Waals surface area contributed by atoms with Crippen molar-refractivity contribution in [2.75, 3.05) is 6.61 Å². The van der Waals surface area contributed by atoms with Crippen LogP contribution >= 0.6 is 0 Å². The molecule has 0 saturated heterocycles. The highest BCUT2D eigenvalue weighted by Gasteiger charge is 2.22. The number of carbonyl (C=O) groups is 1. The molecule has 158 valence electrons. The largest absolute Gasteiger partial charge is 0.444 e. The van der Waals surface area contributed by atoms with Crippen molar-refractivity contribution >= 4 is 16.2 Å². The summed E-state index contributed by atoms with van der Waals surface area (Å²) in [5.74, 6) is 0. The van der Waals surface area contributed by atoms with Gasteiger partial charge in [-0.15, -0.1) is 0 Å². The predicted octanol–water partition coefficient (Wildman–Crippen LogP) is 4.66. The molecule has 1 N–H and O–H groups in total. The van der Waals surface area contributed by atoms with E-state index in [1.807, 2.05) is 38.1 Å². The predicted molar refractivity (Wildman–Crippen MR) is 112 cm³/mol. The summed E-state index contributed by atoms with van der Waals surface area (Å²) >= 11 is 0. The maximum Gasteiger partial charge on any atom is 0.408 e. The fourth-order valence-electron chi connectivity index (χ4n) is 2.71. The smallest absolute Gasteiger partial charge is 0.408 e. The second-order valence-corrected chi connectivity index (χ2v) is 9.61. The molecule has 0 radical (unpaired) electrons. The van der Waals surface area contributed by atoms with Crippen LogP contribution in [0.25, 0.3) is 0 Å². The molecule has 29 heavy (non-hydrogen) atoms. The first-order valence-electron chi connectivity index (χ1n) is 9.48. The average Bonchev–Trinajstić information content (AvgIpc) is 2.59. The fourth-order valence-corrected chi connectivity index (χ4v) is 3.63. The van der Waals surface area contributed by atoms with Gasteiger partial charge in [0.25, 0.3) is 10.1 Å². The summed E-state index contributed by atoms with van der Waals surface area (Å²) in [6, 6.07) is 13.7. The van der Waals surface area contributed by atoms with Crippen molar-refractivity contribution in [3.05, 3.63) is 65.2 Å². The number of hydrogen-bond donors (Lipinski definition) is 1. The molecule has 2 aromatic rings. The van der Waals surface area contributed by atoms with E-state index in [2.05, 4.69) is 5.32 Å². The topological polar surface area (TPSA) is 81.7 Å². The Morgan fingerprint density at radius 1 is 1.03 bits per heavy atom. The molecule has 2 aromatic carbocycles. The van der Waals surface area contributed by atoms with Crippen LogP contribution in [0.4, 0.5) is 4.79 Å². The number of aryl methyl sites for hydroxylation is 2. The van der Waals surface area contributed by atoms with Crippen molar-refractivity contribution in [3.8, 4) is 0 Å². The zero-order valence-electron chi connectivity index (χ0n) is 17.6. The maximum atomic E-state index is 12.4. The minimum absolute atomic E-state index is 0.0788. The number of alkyl carbamates (subject to hydrolysis) is 1. The van der Waals surface area contributed by atoms with Gasteiger partial charge < -0.3 is 10.1 Å². The van der Waals surface area contributed by atoms with Gasteiger partial charge in [-0.3, -0.25) is 4.18 Å². The Morgan fingerprint density at radius 3 is 2.28 bits per heavy atom. The fraction of sp³-hybridized carbons (Fsp3) is 0.409. The van der Waals surface area contributed by atoms with E-state index in [0.717, 1.165) is 16.7 Å². The summed E-state index contributed by atoms with van der Waals surface area (Å²) in [5, 5.41) is 2.81. The van der Waals surface area contributed by atoms with Crippen LogP contribution in [-0.2, 0) is 19.0 Å². The quantitative estimate of drug-likeness (QED) is 0.660. The van der Waals surface area contributed by atoms with Gasteiger partial charge in [0, 0.05) is 0 Å². The lowest BCUT2D eigenvalue weighted by molar-refractivity contribution is 0.0498. The van der Waals surface area contributed by atoms with Gasteiger partial charge in [0.1, 0.15) is 5.60 Å². The molecule has 0 aliphatic carbocycles. The van der Waals surface area contributed by atoms with Crippen LogP contribution in [0.2, 0.25) is 0 Å². The molecule has 1 unspecified atom stereocenters. The van der Waals surface area contributed by atoms with E-state index in [-0.39, 0.29) is 17.9 Å². The molecule has 6 nitrogen and oxygen atoms in total. The highest BCUT2D eigenvalue weighted by Crippen LogP contribution is 2.21. The van der Waals surface area contributed by atoms with Crippen LogP contribution < -0.4 is 5.32 Å². The van der Waals surface area contributed by atoms with E-state index in [1.165, 1.54) is 12.1 Å². The van der Waals surface area contributed by atoms with Crippen LogP contribution in [0.15, 0.2) is 53.4 Å². The van der Waals surface area contributed by atoms with Gasteiger partial charge in [-0.2, -0.15) is 8.42 Å². The lowest BCUT2D eigenvalue weighted by Gasteiger charge is -2.24. The molecule has 0 aliphatic rings. The number of rotatable bonds is 7. The van der Waals surface area contributed by atoms with Crippen LogP contribution in [0.3, 0.4) is 0 Å². The molecular formula is C22H29NO5S. The van der Waals surface area contributed by atoms with Crippen molar-refractivity contribution in [1.82, 2.24) is 5.32 Å². The Labute approximate surface area is 173 Å². The molecule has 1 amide bonds. The molecule has 2 rings (SSSR count). The number of hydrogen-bond acceptors (Lipinski definition) is 5. The van der Waals surface area contributed by atoms with Crippen LogP contribution in [0.1, 0.15) is 49.9 Å². The van der Waals surface area contributed by atoms with Gasteiger partial charge in [-0.25, -0.2) is 4.79 Å². The average molecular weight is 420 g/mol. The molecular weight excluding hydrogens is 390 g/mol. The number of benzene rings is 2. The second kappa shape index (κ2) is 9.41. The van der Waals surface area contributed by atoms with E-state index in [9.17, 15) is 13.2 Å². The van der Waals surface area contributed by atoms with E-state index in [0.29, 0.717) is 0 Å². The summed E-state index contributed by atoms with van der Waals surface area (Å²) in [7, 11) is -3.86. The van der Waals surface area contributed by atoms with Gasteiger partial charge >= 0.3 is 6.09 Å². The van der Waals surface area contributed by atoms with Crippen molar-refractivity contribution in [2.24, 2.45) is 0 Å². The summed E-state index contributed by atoms with van der Waals surface area (Å²) in [4.78, 5) is 12.4. The van der Waals surface area contributed by atoms with Gasteiger partial charge in [0.05, 0.1) is 17.5 Å². The molecule has 0 spiro atoms. The Kier molecular flexibility index (Phi) is 7.43. The molecule has 0 heterocycles. The highest BCUT2D eigenvalue weighted by molar-refractivity contribution is 7.86. The number of carbonyl (C=O) groups excluding carboxylic acids is 1. The van der Waals surface area contributed by atoms with Gasteiger partial charge in [-0.05, 0) is 58.7 Å². The Hall–Kier alpha value is -2.38. The minimum Gasteiger partial charge on any atom is -0.444 e. The molecule has 0 fully saturated rings. The van der Waals surface area contributed by atoms with Crippen LogP contribution in [0.5, 0.6) is 0 Å². The van der Waals surface area contributed by atoms with Crippen LogP contribution in [-0.4, -0.2) is 26.7 Å². The molecule has 0 aliphatic heterocycles. The third-order valence-electron chi connectivity index (χ3n) is 4.09. The third-order valence-corrected chi connectivity index (χ3v) is 5.42. The van der Waals surface area contributed by atoms with Crippen molar-refractivity contribution in [3.63, 3.8) is 0 Å². The maximum absolute atomic E-state index is 12.4. The third kappa shape index (κ3) is 7.51. The second-order valence-electron chi connectivity index (χ2n) is 7.99. The normalized spacial score (nSPS) is 13.0. The van der Waals surface area contributed by atoms with E-state index >= 15 is 0 Å². The lowest BCUT2D eigenvalue weighted by atomic mass is 10.0. The molecule has 1 atom stereocenters. The standard InChI is InChI=1S/C22H29NO5S/c1-16-9-11-19(12-10-16)29(25,26)27-14-13-20(18-8-6-7-17(2)15-18)23-21(24)28-22(3,4)5/h6-12,15,20H,13-14H2,1-5H3,(H,23,24). The summed E-state index contributed by atoms with van der Waals surface area (Å²) in [5.41, 5.74) is 2.22. The number of nitrogens with one attached hydrogen (secondary N) is 1.